The van der Waals surface area contributed by atoms with E-state index in [-0.39, 0.29) is 0 Å². The molecule has 0 saturated carbocycles. The third kappa shape index (κ3) is 40.5. The lowest BCUT2D eigenvalue weighted by Crippen LogP contribution is -2.32. The molecule has 49 heavy (non-hydrogen) atoms. The maximum absolute atomic E-state index is 6.34. The van der Waals surface area contributed by atoms with Crippen LogP contribution in [0.5, 0.6) is 0 Å². The molecule has 0 bridgehead atoms. The van der Waals surface area contributed by atoms with Crippen molar-refractivity contribution in [1.82, 2.24) is 9.80 Å². The molecule has 0 N–H and O–H groups in total. The minimum Gasteiger partial charge on any atom is -0.379 e. The van der Waals surface area contributed by atoms with E-state index in [9.17, 15) is 0 Å². The first-order chi connectivity index (χ1) is 24.3. The average Bonchev–Trinajstić information content (AvgIpc) is 3.11. The molecule has 0 spiro atoms. The highest BCUT2D eigenvalue weighted by atomic mass is 16.5. The largest absolute Gasteiger partial charge is 0.379 e. The van der Waals surface area contributed by atoms with Crippen LogP contribution < -0.4 is 0 Å². The lowest BCUT2D eigenvalue weighted by molar-refractivity contribution is 0.0808. The zero-order valence-corrected chi connectivity index (χ0v) is 35.0. The zero-order chi connectivity index (χ0) is 35.6. The Bertz CT molecular complexity index is 551. The highest BCUT2D eigenvalue weighted by molar-refractivity contribution is 4.62. The van der Waals surface area contributed by atoms with Crippen LogP contribution in [0.3, 0.4) is 0 Å². The summed E-state index contributed by atoms with van der Waals surface area (Å²) in [5.41, 5.74) is 0. The van der Waals surface area contributed by atoms with Crippen molar-refractivity contribution < 1.29 is 4.74 Å². The summed E-state index contributed by atoms with van der Waals surface area (Å²) < 4.78 is 6.34. The first kappa shape index (κ1) is 48.9. The summed E-state index contributed by atoms with van der Waals surface area (Å²) in [5.74, 6) is 0. The molecule has 0 radical (unpaired) electrons. The standard InChI is InChI=1S/C46H96N2O/c1-5-9-13-17-21-22-23-24-25-26-27-30-34-38-42-47(39-35-31-20-16-12-8-4)43-45-49-46-44-48(40-36-32-28-18-14-10-6-2)41-37-33-29-19-15-11-7-3/h5-46H2,1-4H3. The second-order valence-electron chi connectivity index (χ2n) is 15.9. The molecule has 0 atom stereocenters. The predicted octanol–water partition coefficient (Wildman–Crippen LogP) is 14.9. The van der Waals surface area contributed by atoms with Gasteiger partial charge in [-0.15, -0.1) is 0 Å². The maximum atomic E-state index is 6.34. The molecule has 0 heterocycles. The Morgan fingerprint density at radius 3 is 0.612 bits per heavy atom. The predicted molar refractivity (Wildman–Crippen MR) is 223 cm³/mol. The fraction of sp³-hybridized carbons (Fsp3) is 1.00. The normalized spacial score (nSPS) is 11.9. The summed E-state index contributed by atoms with van der Waals surface area (Å²) in [4.78, 5) is 5.48. The lowest BCUT2D eigenvalue weighted by Gasteiger charge is -2.24. The number of nitrogens with zero attached hydrogens (tertiary/aromatic N) is 2. The number of ether oxygens (including phenoxy) is 1. The summed E-state index contributed by atoms with van der Waals surface area (Å²) in [6.07, 6.45) is 48.2. The van der Waals surface area contributed by atoms with E-state index in [1.54, 1.807) is 0 Å². The fourth-order valence-corrected chi connectivity index (χ4v) is 7.39. The minimum absolute atomic E-state index is 0.913. The van der Waals surface area contributed by atoms with Gasteiger partial charge in [-0.05, 0) is 51.9 Å². The molecular weight excluding hydrogens is 597 g/mol. The van der Waals surface area contributed by atoms with Gasteiger partial charge in [0.05, 0.1) is 13.2 Å². The van der Waals surface area contributed by atoms with Crippen molar-refractivity contribution >= 4 is 0 Å². The van der Waals surface area contributed by atoms with E-state index in [0.717, 1.165) is 26.3 Å². The third-order valence-corrected chi connectivity index (χ3v) is 10.9. The van der Waals surface area contributed by atoms with Crippen LogP contribution in [0.25, 0.3) is 0 Å². The van der Waals surface area contributed by atoms with E-state index in [1.165, 1.54) is 244 Å². The topological polar surface area (TPSA) is 15.7 Å². The van der Waals surface area contributed by atoms with Gasteiger partial charge in [-0.2, -0.15) is 0 Å². The van der Waals surface area contributed by atoms with Gasteiger partial charge in [0, 0.05) is 13.1 Å². The van der Waals surface area contributed by atoms with Gasteiger partial charge in [0.15, 0.2) is 0 Å². The molecule has 0 aliphatic carbocycles. The van der Waals surface area contributed by atoms with E-state index < -0.39 is 0 Å². The minimum atomic E-state index is 0.913. The van der Waals surface area contributed by atoms with Crippen molar-refractivity contribution in [3.63, 3.8) is 0 Å². The van der Waals surface area contributed by atoms with Crippen LogP contribution in [-0.2, 0) is 4.74 Å². The van der Waals surface area contributed by atoms with Gasteiger partial charge in [0.2, 0.25) is 0 Å². The summed E-state index contributed by atoms with van der Waals surface area (Å²) in [6, 6.07) is 0. The van der Waals surface area contributed by atoms with Crippen LogP contribution in [0.2, 0.25) is 0 Å². The van der Waals surface area contributed by atoms with Crippen molar-refractivity contribution in [2.75, 3.05) is 52.5 Å². The van der Waals surface area contributed by atoms with Crippen LogP contribution >= 0.6 is 0 Å². The van der Waals surface area contributed by atoms with Crippen LogP contribution in [0.4, 0.5) is 0 Å². The highest BCUT2D eigenvalue weighted by Crippen LogP contribution is 2.14. The Labute approximate surface area is 312 Å². The molecule has 3 heteroatoms. The molecular formula is C46H96N2O. The Morgan fingerprint density at radius 2 is 0.408 bits per heavy atom. The fourth-order valence-electron chi connectivity index (χ4n) is 7.39. The third-order valence-electron chi connectivity index (χ3n) is 10.9. The van der Waals surface area contributed by atoms with Crippen molar-refractivity contribution in [3.05, 3.63) is 0 Å². The van der Waals surface area contributed by atoms with Crippen molar-refractivity contribution in [2.24, 2.45) is 0 Å². The van der Waals surface area contributed by atoms with Crippen LogP contribution in [0.15, 0.2) is 0 Å². The SMILES string of the molecule is CCCCCCCCCCCCCCCCN(CCCCCCCC)CCOCCN(CCCCCCCCC)CCCCCCCCC. The van der Waals surface area contributed by atoms with Gasteiger partial charge in [0.1, 0.15) is 0 Å². The highest BCUT2D eigenvalue weighted by Gasteiger charge is 2.08. The average molecular weight is 693 g/mol. The van der Waals surface area contributed by atoms with Gasteiger partial charge >= 0.3 is 0 Å². The molecule has 296 valence electrons. The van der Waals surface area contributed by atoms with E-state index in [0.29, 0.717) is 0 Å². The van der Waals surface area contributed by atoms with Crippen molar-refractivity contribution in [2.45, 2.75) is 246 Å². The number of rotatable bonds is 44. The van der Waals surface area contributed by atoms with Crippen LogP contribution in [-0.4, -0.2) is 62.3 Å². The first-order valence-electron chi connectivity index (χ1n) is 23.3. The second-order valence-corrected chi connectivity index (χ2v) is 15.9. The maximum Gasteiger partial charge on any atom is 0.0594 e. The van der Waals surface area contributed by atoms with Crippen LogP contribution in [0, 0.1) is 0 Å². The number of unbranched alkanes of at least 4 members (excludes halogenated alkanes) is 30. The molecule has 0 rings (SSSR count). The molecule has 0 aromatic rings. The molecule has 0 aliphatic heterocycles. The van der Waals surface area contributed by atoms with E-state index in [2.05, 4.69) is 37.5 Å². The van der Waals surface area contributed by atoms with Gasteiger partial charge in [-0.3, -0.25) is 0 Å². The smallest absolute Gasteiger partial charge is 0.0594 e. The van der Waals surface area contributed by atoms with Crippen LogP contribution in [0.1, 0.15) is 246 Å². The van der Waals surface area contributed by atoms with Gasteiger partial charge < -0.3 is 14.5 Å². The summed E-state index contributed by atoms with van der Waals surface area (Å²) in [6.45, 7) is 18.5. The van der Waals surface area contributed by atoms with Gasteiger partial charge in [-0.25, -0.2) is 0 Å². The van der Waals surface area contributed by atoms with E-state index >= 15 is 0 Å². The Kier molecular flexibility index (Phi) is 43.9. The molecule has 0 aliphatic rings. The van der Waals surface area contributed by atoms with Gasteiger partial charge in [0.25, 0.3) is 0 Å². The van der Waals surface area contributed by atoms with E-state index in [4.69, 9.17) is 4.74 Å². The van der Waals surface area contributed by atoms with Gasteiger partial charge in [-0.1, -0.05) is 220 Å². The molecule has 0 saturated heterocycles. The molecule has 0 fully saturated rings. The molecule has 0 aromatic heterocycles. The second kappa shape index (κ2) is 44.0. The Morgan fingerprint density at radius 1 is 0.224 bits per heavy atom. The van der Waals surface area contributed by atoms with E-state index in [1.807, 2.05) is 0 Å². The summed E-state index contributed by atoms with van der Waals surface area (Å²) >= 11 is 0. The molecule has 3 nitrogen and oxygen atoms in total. The zero-order valence-electron chi connectivity index (χ0n) is 35.0. The number of hydrogen-bond acceptors (Lipinski definition) is 3. The summed E-state index contributed by atoms with van der Waals surface area (Å²) in [7, 11) is 0. The number of hydrogen-bond donors (Lipinski definition) is 0. The Balaban J connectivity index is 4.31. The molecule has 0 unspecified atom stereocenters. The first-order valence-corrected chi connectivity index (χ1v) is 23.3. The molecule has 0 amide bonds. The quantitative estimate of drug-likeness (QED) is 0.0591. The van der Waals surface area contributed by atoms with Crippen molar-refractivity contribution in [1.29, 1.82) is 0 Å². The molecule has 0 aromatic carbocycles. The lowest BCUT2D eigenvalue weighted by atomic mass is 10.0. The van der Waals surface area contributed by atoms with Crippen molar-refractivity contribution in [3.8, 4) is 0 Å². The monoisotopic (exact) mass is 693 g/mol. The summed E-state index contributed by atoms with van der Waals surface area (Å²) in [5, 5.41) is 0. The Hall–Kier alpha value is -0.120.